The summed E-state index contributed by atoms with van der Waals surface area (Å²) in [6.45, 7) is 5.92. The molecule has 200 valence electrons. The lowest BCUT2D eigenvalue weighted by molar-refractivity contribution is -0.137. The van der Waals surface area contributed by atoms with Gasteiger partial charge in [-0.1, -0.05) is 0 Å². The summed E-state index contributed by atoms with van der Waals surface area (Å²) in [5.74, 6) is 0.00121. The van der Waals surface area contributed by atoms with Crippen molar-refractivity contribution in [2.45, 2.75) is 56.3 Å². The normalized spacial score (nSPS) is 26.1. The van der Waals surface area contributed by atoms with Crippen molar-refractivity contribution in [2.75, 3.05) is 69.8 Å². The van der Waals surface area contributed by atoms with Crippen LogP contribution >= 0.6 is 0 Å². The van der Waals surface area contributed by atoms with Gasteiger partial charge in [0, 0.05) is 44.5 Å². The first-order chi connectivity index (χ1) is 17.3. The average Bonchev–Trinajstić information content (AvgIpc) is 3.05. The first-order valence-corrected chi connectivity index (χ1v) is 13.0. The summed E-state index contributed by atoms with van der Waals surface area (Å²) in [4.78, 5) is 24.9. The summed E-state index contributed by atoms with van der Waals surface area (Å²) in [6, 6.07) is 0.0768. The minimum Gasteiger partial charge on any atom is -0.379 e. The molecule has 3 aliphatic heterocycles. The van der Waals surface area contributed by atoms with Crippen molar-refractivity contribution in [2.24, 2.45) is 5.92 Å². The molecular weight excluding hydrogens is 477 g/mol. The van der Waals surface area contributed by atoms with Crippen molar-refractivity contribution in [3.8, 4) is 0 Å². The van der Waals surface area contributed by atoms with Crippen LogP contribution in [-0.2, 0) is 20.4 Å². The lowest BCUT2D eigenvalue weighted by Crippen LogP contribution is -2.49. The number of rotatable bonds is 10. The van der Waals surface area contributed by atoms with Gasteiger partial charge < -0.3 is 25.0 Å². The quantitative estimate of drug-likeness (QED) is 0.463. The van der Waals surface area contributed by atoms with Crippen molar-refractivity contribution in [1.82, 2.24) is 19.8 Å². The Bertz CT molecular complexity index is 923. The molecule has 2 N–H and O–H groups in total. The lowest BCUT2D eigenvalue weighted by atomic mass is 9.74. The van der Waals surface area contributed by atoms with Gasteiger partial charge in [-0.3, -0.25) is 9.69 Å². The number of carbonyl (C=O) groups is 1. The Labute approximate surface area is 209 Å². The molecular formula is C24H35F3N6O3. The monoisotopic (exact) mass is 512 g/mol. The highest BCUT2D eigenvalue weighted by Crippen LogP contribution is 2.39. The SMILES string of the molecule is O=C1C2COCC(C2)N1CCCNc1nc(NC2(CCN3CCOCC3)CCC2)ncc1C(F)(F)F. The molecule has 1 amide bonds. The highest BCUT2D eigenvalue weighted by Gasteiger charge is 2.42. The standard InChI is InChI=1S/C24H35F3N6O3/c25-24(26,27)19-14-29-22(31-23(3-1-4-23)5-8-32-9-11-35-12-10-32)30-20(19)28-6-2-7-33-18-13-17(21(33)34)15-36-16-18/h14,17-18H,1-13,15-16H2,(H2,28,29,30,31). The lowest BCUT2D eigenvalue weighted by Gasteiger charge is -2.44. The molecule has 2 atom stereocenters. The average molecular weight is 513 g/mol. The number of hydrogen-bond acceptors (Lipinski definition) is 8. The van der Waals surface area contributed by atoms with Gasteiger partial charge in [-0.15, -0.1) is 0 Å². The number of likely N-dealkylation sites (tertiary alicyclic amines) is 1. The third-order valence-electron chi connectivity index (χ3n) is 7.92. The number of anilines is 2. The molecule has 12 heteroatoms. The third kappa shape index (κ3) is 5.70. The van der Waals surface area contributed by atoms with Crippen LogP contribution in [-0.4, -0.2) is 96.4 Å². The molecule has 0 spiro atoms. The van der Waals surface area contributed by atoms with E-state index in [4.69, 9.17) is 9.47 Å². The number of fused-ring (bicyclic) bond motifs is 2. The Balaban J connectivity index is 1.19. The minimum atomic E-state index is -4.56. The number of halogens is 3. The Morgan fingerprint density at radius 2 is 1.94 bits per heavy atom. The van der Waals surface area contributed by atoms with Gasteiger partial charge in [0.1, 0.15) is 11.4 Å². The molecule has 36 heavy (non-hydrogen) atoms. The second-order valence-corrected chi connectivity index (χ2v) is 10.4. The zero-order valence-electron chi connectivity index (χ0n) is 20.5. The zero-order valence-corrected chi connectivity index (χ0v) is 20.5. The molecule has 1 aromatic rings. The second-order valence-electron chi connectivity index (χ2n) is 10.4. The van der Waals surface area contributed by atoms with Crippen LogP contribution in [0.1, 0.15) is 44.1 Å². The van der Waals surface area contributed by atoms with Crippen LogP contribution < -0.4 is 10.6 Å². The number of morpholine rings is 1. The van der Waals surface area contributed by atoms with E-state index >= 15 is 0 Å². The molecule has 0 radical (unpaired) electrons. The van der Waals surface area contributed by atoms with E-state index in [2.05, 4.69) is 25.5 Å². The maximum absolute atomic E-state index is 13.7. The van der Waals surface area contributed by atoms with E-state index in [1.54, 1.807) is 0 Å². The van der Waals surface area contributed by atoms with Crippen LogP contribution in [0.5, 0.6) is 0 Å². The summed E-state index contributed by atoms with van der Waals surface area (Å²) in [5, 5.41) is 6.22. The topological polar surface area (TPSA) is 91.8 Å². The number of amides is 1. The number of ether oxygens (including phenoxy) is 2. The molecule has 1 aliphatic carbocycles. The van der Waals surface area contributed by atoms with Gasteiger partial charge >= 0.3 is 6.18 Å². The fourth-order valence-corrected chi connectivity index (χ4v) is 5.62. The molecule has 1 saturated carbocycles. The fraction of sp³-hybridized carbons (Fsp3) is 0.792. The van der Waals surface area contributed by atoms with Crippen molar-refractivity contribution in [3.05, 3.63) is 11.8 Å². The summed E-state index contributed by atoms with van der Waals surface area (Å²) >= 11 is 0. The molecule has 0 aromatic carbocycles. The van der Waals surface area contributed by atoms with E-state index in [9.17, 15) is 18.0 Å². The smallest absolute Gasteiger partial charge is 0.379 e. The molecule has 4 aliphatic rings. The molecule has 9 nitrogen and oxygen atoms in total. The molecule has 4 heterocycles. The molecule has 1 aromatic heterocycles. The van der Waals surface area contributed by atoms with Crippen molar-refractivity contribution in [3.63, 3.8) is 0 Å². The van der Waals surface area contributed by atoms with Gasteiger partial charge in [-0.2, -0.15) is 18.2 Å². The van der Waals surface area contributed by atoms with E-state index in [1.807, 2.05) is 4.90 Å². The number of hydrogen-bond donors (Lipinski definition) is 2. The number of nitrogens with one attached hydrogen (secondary N) is 2. The summed E-state index contributed by atoms with van der Waals surface area (Å²) in [7, 11) is 0. The van der Waals surface area contributed by atoms with Crippen LogP contribution in [0.25, 0.3) is 0 Å². The van der Waals surface area contributed by atoms with E-state index in [1.165, 1.54) is 0 Å². The van der Waals surface area contributed by atoms with Gasteiger partial charge in [0.15, 0.2) is 0 Å². The van der Waals surface area contributed by atoms with Crippen molar-refractivity contribution < 1.29 is 27.4 Å². The summed E-state index contributed by atoms with van der Waals surface area (Å²) in [5.41, 5.74) is -1.07. The van der Waals surface area contributed by atoms with Crippen LogP contribution in [0.3, 0.4) is 0 Å². The van der Waals surface area contributed by atoms with Gasteiger partial charge in [0.2, 0.25) is 11.9 Å². The first kappa shape index (κ1) is 25.5. The number of aromatic nitrogens is 2. The predicted octanol–water partition coefficient (Wildman–Crippen LogP) is 2.60. The summed E-state index contributed by atoms with van der Waals surface area (Å²) in [6.07, 6.45) is 1.46. The van der Waals surface area contributed by atoms with E-state index < -0.39 is 11.7 Å². The Kier molecular flexibility index (Phi) is 7.55. The summed E-state index contributed by atoms with van der Waals surface area (Å²) < 4.78 is 51.8. The van der Waals surface area contributed by atoms with Gasteiger partial charge in [0.25, 0.3) is 0 Å². The van der Waals surface area contributed by atoms with E-state index in [0.717, 1.165) is 71.1 Å². The van der Waals surface area contributed by atoms with Crippen LogP contribution in [0.15, 0.2) is 6.20 Å². The fourth-order valence-electron chi connectivity index (χ4n) is 5.62. The third-order valence-corrected chi connectivity index (χ3v) is 7.92. The van der Waals surface area contributed by atoms with E-state index in [-0.39, 0.29) is 41.7 Å². The maximum atomic E-state index is 13.7. The zero-order chi connectivity index (χ0) is 25.2. The Morgan fingerprint density at radius 3 is 2.64 bits per heavy atom. The van der Waals surface area contributed by atoms with Crippen molar-refractivity contribution in [1.29, 1.82) is 0 Å². The molecule has 5 rings (SSSR count). The number of carbonyl (C=O) groups excluding carboxylic acids is 1. The van der Waals surface area contributed by atoms with Crippen LogP contribution in [0, 0.1) is 5.92 Å². The van der Waals surface area contributed by atoms with Crippen LogP contribution in [0.4, 0.5) is 24.9 Å². The first-order valence-electron chi connectivity index (χ1n) is 13.0. The predicted molar refractivity (Wildman–Crippen MR) is 127 cm³/mol. The highest BCUT2D eigenvalue weighted by molar-refractivity contribution is 5.82. The largest absolute Gasteiger partial charge is 0.421 e. The Hall–Kier alpha value is -2.18. The molecule has 3 saturated heterocycles. The number of alkyl halides is 3. The highest BCUT2D eigenvalue weighted by atomic mass is 19.4. The maximum Gasteiger partial charge on any atom is 0.421 e. The number of nitrogens with zero attached hydrogens (tertiary/aromatic N) is 4. The van der Waals surface area contributed by atoms with Crippen LogP contribution in [0.2, 0.25) is 0 Å². The van der Waals surface area contributed by atoms with Gasteiger partial charge in [-0.25, -0.2) is 4.98 Å². The molecule has 2 bridgehead atoms. The van der Waals surface area contributed by atoms with E-state index in [0.29, 0.717) is 26.2 Å². The molecule has 4 fully saturated rings. The molecule has 2 unspecified atom stereocenters. The second kappa shape index (κ2) is 10.7. The van der Waals surface area contributed by atoms with Crippen molar-refractivity contribution >= 4 is 17.7 Å². The van der Waals surface area contributed by atoms with Gasteiger partial charge in [0.05, 0.1) is 38.4 Å². The Morgan fingerprint density at radius 1 is 1.14 bits per heavy atom. The minimum absolute atomic E-state index is 0.0768. The van der Waals surface area contributed by atoms with Gasteiger partial charge in [-0.05, 0) is 38.5 Å².